The monoisotopic (exact) mass is 326 g/mol. The summed E-state index contributed by atoms with van der Waals surface area (Å²) >= 11 is 0. The van der Waals surface area contributed by atoms with Gasteiger partial charge in [-0.2, -0.15) is 0 Å². The van der Waals surface area contributed by atoms with E-state index in [0.29, 0.717) is 18.7 Å². The maximum Gasteiger partial charge on any atom is 0.258 e. The van der Waals surface area contributed by atoms with E-state index in [1.807, 2.05) is 25.1 Å². The molecule has 6 nitrogen and oxygen atoms in total. The second-order valence-corrected chi connectivity index (χ2v) is 6.22. The number of hydrogen-bond acceptors (Lipinski definition) is 4. The van der Waals surface area contributed by atoms with Crippen LogP contribution >= 0.6 is 0 Å². The molecule has 24 heavy (non-hydrogen) atoms. The number of pyridine rings is 1. The van der Waals surface area contributed by atoms with Crippen LogP contribution in [-0.2, 0) is 11.3 Å². The van der Waals surface area contributed by atoms with E-state index in [1.165, 1.54) is 12.5 Å². The van der Waals surface area contributed by atoms with Crippen molar-refractivity contribution in [3.63, 3.8) is 0 Å². The Labute approximate surface area is 140 Å². The molecule has 0 unspecified atom stereocenters. The first-order chi connectivity index (χ1) is 11.5. The summed E-state index contributed by atoms with van der Waals surface area (Å²) in [5.41, 5.74) is 3.51. The van der Waals surface area contributed by atoms with Gasteiger partial charge in [-0.3, -0.25) is 18.9 Å². The van der Waals surface area contributed by atoms with Gasteiger partial charge < -0.3 is 5.32 Å². The van der Waals surface area contributed by atoms with Crippen LogP contribution in [0, 0.1) is 6.92 Å². The average Bonchev–Trinajstić information content (AvgIpc) is 2.53. The summed E-state index contributed by atoms with van der Waals surface area (Å²) in [5.74, 6) is -0.0207. The topological polar surface area (TPSA) is 66.7 Å². The number of rotatable bonds is 4. The van der Waals surface area contributed by atoms with Crippen molar-refractivity contribution in [2.24, 2.45) is 0 Å². The third kappa shape index (κ3) is 3.71. The third-order valence-electron chi connectivity index (χ3n) is 4.19. The smallest absolute Gasteiger partial charge is 0.258 e. The first-order valence-electron chi connectivity index (χ1n) is 8.16. The van der Waals surface area contributed by atoms with Gasteiger partial charge in [0.15, 0.2) is 0 Å². The van der Waals surface area contributed by atoms with E-state index in [2.05, 4.69) is 21.3 Å². The van der Waals surface area contributed by atoms with Gasteiger partial charge in [0.25, 0.3) is 5.56 Å². The highest BCUT2D eigenvalue weighted by molar-refractivity contribution is 5.73. The van der Waals surface area contributed by atoms with E-state index >= 15 is 0 Å². The lowest BCUT2D eigenvalue weighted by molar-refractivity contribution is -0.118. The van der Waals surface area contributed by atoms with Crippen molar-refractivity contribution in [3.05, 3.63) is 57.7 Å². The Morgan fingerprint density at radius 3 is 3.00 bits per heavy atom. The van der Waals surface area contributed by atoms with Crippen LogP contribution in [0.3, 0.4) is 0 Å². The molecule has 0 fully saturated rings. The predicted molar refractivity (Wildman–Crippen MR) is 92.9 cm³/mol. The predicted octanol–water partition coefficient (Wildman–Crippen LogP) is 1.27. The number of carbonyl (C=O) groups excluding carboxylic acids is 1. The average molecular weight is 326 g/mol. The third-order valence-corrected chi connectivity index (χ3v) is 4.19. The molecule has 3 heterocycles. The Hall–Kier alpha value is -2.47. The maximum atomic E-state index is 12.3. The van der Waals surface area contributed by atoms with Crippen LogP contribution in [0.15, 0.2) is 40.7 Å². The molecule has 0 radical (unpaired) electrons. The second-order valence-electron chi connectivity index (χ2n) is 6.22. The summed E-state index contributed by atoms with van der Waals surface area (Å²) < 4.78 is 1.63. The fraction of sp³-hybridized carbons (Fsp3) is 0.389. The number of nitrogens with zero attached hydrogens (tertiary/aromatic N) is 3. The molecular weight excluding hydrogens is 304 g/mol. The molecule has 0 aliphatic carbocycles. The largest absolute Gasteiger partial charge is 0.353 e. The Morgan fingerprint density at radius 1 is 1.38 bits per heavy atom. The van der Waals surface area contributed by atoms with E-state index in [4.69, 9.17) is 0 Å². The summed E-state index contributed by atoms with van der Waals surface area (Å²) in [5, 5.41) is 2.84. The van der Waals surface area contributed by atoms with Crippen molar-refractivity contribution < 1.29 is 4.79 Å². The lowest BCUT2D eigenvalue weighted by atomic mass is 10.1. The van der Waals surface area contributed by atoms with Crippen molar-refractivity contribution in [1.82, 2.24) is 19.6 Å². The normalized spacial score (nSPS) is 15.3. The van der Waals surface area contributed by atoms with Gasteiger partial charge in [0, 0.05) is 44.9 Å². The molecule has 0 atom stereocenters. The Bertz CT molecular complexity index is 854. The zero-order valence-electron chi connectivity index (χ0n) is 14.1. The molecule has 126 valence electrons. The minimum Gasteiger partial charge on any atom is -0.353 e. The highest BCUT2D eigenvalue weighted by Crippen LogP contribution is 2.12. The minimum absolute atomic E-state index is 0.0207. The van der Waals surface area contributed by atoms with Gasteiger partial charge in [0.1, 0.15) is 5.65 Å². The quantitative estimate of drug-likeness (QED) is 0.859. The van der Waals surface area contributed by atoms with Gasteiger partial charge >= 0.3 is 0 Å². The Kier molecular flexibility index (Phi) is 4.76. The lowest BCUT2D eigenvalue weighted by Gasteiger charge is -2.27. The molecule has 2 aromatic heterocycles. The molecule has 1 aliphatic heterocycles. The van der Waals surface area contributed by atoms with E-state index in [-0.39, 0.29) is 11.5 Å². The molecule has 0 aromatic carbocycles. The van der Waals surface area contributed by atoms with Crippen LogP contribution in [0.4, 0.5) is 0 Å². The standard InChI is InChI=1S/C18H22N4O2/c1-13-5-3-7-17-20-16(9-18(24)22(13)17)12-21-8-4-6-15(11-21)10-19-14(2)23/h3,5-7,9H,4,8,10-12H2,1-2H3,(H,19,23). The Morgan fingerprint density at radius 2 is 2.21 bits per heavy atom. The van der Waals surface area contributed by atoms with E-state index in [0.717, 1.165) is 30.9 Å². The molecule has 0 saturated heterocycles. The number of aryl methyl sites for hydroxylation is 1. The molecule has 0 spiro atoms. The van der Waals surface area contributed by atoms with Gasteiger partial charge in [-0.1, -0.05) is 12.1 Å². The SMILES string of the molecule is CC(=O)NCC1=CCCN(Cc2cc(=O)n3c(C)cccc3n2)C1. The van der Waals surface area contributed by atoms with Crippen molar-refractivity contribution >= 4 is 11.6 Å². The van der Waals surface area contributed by atoms with Gasteiger partial charge in [-0.05, 0) is 31.1 Å². The summed E-state index contributed by atoms with van der Waals surface area (Å²) in [6.07, 6.45) is 3.12. The summed E-state index contributed by atoms with van der Waals surface area (Å²) in [4.78, 5) is 30.3. The van der Waals surface area contributed by atoms with Crippen LogP contribution < -0.4 is 10.9 Å². The summed E-state index contributed by atoms with van der Waals surface area (Å²) in [6, 6.07) is 7.29. The molecule has 1 aliphatic rings. The van der Waals surface area contributed by atoms with Gasteiger partial charge in [-0.15, -0.1) is 0 Å². The molecule has 1 N–H and O–H groups in total. The first-order valence-corrected chi connectivity index (χ1v) is 8.16. The second kappa shape index (κ2) is 6.97. The van der Waals surface area contributed by atoms with Crippen LogP contribution in [0.1, 0.15) is 24.7 Å². The van der Waals surface area contributed by atoms with Crippen molar-refractivity contribution in [2.45, 2.75) is 26.8 Å². The molecule has 3 rings (SSSR count). The van der Waals surface area contributed by atoms with Crippen molar-refractivity contribution in [3.8, 4) is 0 Å². The van der Waals surface area contributed by atoms with Crippen LogP contribution in [0.25, 0.3) is 5.65 Å². The minimum atomic E-state index is -0.0425. The molecule has 0 saturated carbocycles. The number of nitrogens with one attached hydrogen (secondary N) is 1. The van der Waals surface area contributed by atoms with Crippen molar-refractivity contribution in [2.75, 3.05) is 19.6 Å². The van der Waals surface area contributed by atoms with Gasteiger partial charge in [0.05, 0.1) is 5.69 Å². The summed E-state index contributed by atoms with van der Waals surface area (Å²) in [7, 11) is 0. The number of carbonyl (C=O) groups is 1. The molecular formula is C18H22N4O2. The lowest BCUT2D eigenvalue weighted by Crippen LogP contribution is -2.34. The number of hydrogen-bond donors (Lipinski definition) is 1. The number of amides is 1. The fourth-order valence-electron chi connectivity index (χ4n) is 3.06. The fourth-order valence-corrected chi connectivity index (χ4v) is 3.06. The van der Waals surface area contributed by atoms with E-state index < -0.39 is 0 Å². The molecule has 2 aromatic rings. The van der Waals surface area contributed by atoms with Gasteiger partial charge in [-0.25, -0.2) is 4.98 Å². The molecule has 0 bridgehead atoms. The number of fused-ring (bicyclic) bond motifs is 1. The van der Waals surface area contributed by atoms with E-state index in [9.17, 15) is 9.59 Å². The van der Waals surface area contributed by atoms with E-state index in [1.54, 1.807) is 10.5 Å². The van der Waals surface area contributed by atoms with Crippen LogP contribution in [0.5, 0.6) is 0 Å². The Balaban J connectivity index is 1.75. The summed E-state index contributed by atoms with van der Waals surface area (Å²) in [6.45, 7) is 6.36. The highest BCUT2D eigenvalue weighted by Gasteiger charge is 2.15. The maximum absolute atomic E-state index is 12.3. The zero-order valence-corrected chi connectivity index (χ0v) is 14.1. The number of aromatic nitrogens is 2. The van der Waals surface area contributed by atoms with Crippen LogP contribution in [0.2, 0.25) is 0 Å². The van der Waals surface area contributed by atoms with Crippen molar-refractivity contribution in [1.29, 1.82) is 0 Å². The highest BCUT2D eigenvalue weighted by atomic mass is 16.1. The van der Waals surface area contributed by atoms with Crippen LogP contribution in [-0.4, -0.2) is 39.8 Å². The molecule has 6 heteroatoms. The first kappa shape index (κ1) is 16.4. The van der Waals surface area contributed by atoms with Gasteiger partial charge in [0.2, 0.25) is 5.91 Å². The molecule has 1 amide bonds. The zero-order chi connectivity index (χ0) is 17.1.